The number of carbonyl (C=O) groups excluding carboxylic acids is 1. The lowest BCUT2D eigenvalue weighted by Crippen LogP contribution is -2.17. The van der Waals surface area contributed by atoms with E-state index >= 15 is 0 Å². The van der Waals surface area contributed by atoms with Gasteiger partial charge in [0.15, 0.2) is 0 Å². The summed E-state index contributed by atoms with van der Waals surface area (Å²) >= 11 is 5.88. The van der Waals surface area contributed by atoms with Crippen molar-refractivity contribution < 1.29 is 9.53 Å². The Hall–Kier alpha value is -3.57. The highest BCUT2D eigenvalue weighted by atomic mass is 35.5. The second-order valence-electron chi connectivity index (χ2n) is 6.43. The molecule has 0 radical (unpaired) electrons. The first-order chi connectivity index (χ1) is 14.2. The summed E-state index contributed by atoms with van der Waals surface area (Å²) < 4.78 is 5.73. The number of rotatable bonds is 6. The molecule has 0 unspecified atom stereocenters. The number of fused-ring (bicyclic) bond motifs is 1. The topological polar surface area (TPSA) is 66.5 Å². The minimum Gasteiger partial charge on any atom is -0.489 e. The molecule has 5 nitrogen and oxygen atoms in total. The van der Waals surface area contributed by atoms with Gasteiger partial charge in [-0.25, -0.2) is 5.43 Å². The van der Waals surface area contributed by atoms with Gasteiger partial charge in [0.1, 0.15) is 12.4 Å². The number of para-hydroxylation sites is 1. The van der Waals surface area contributed by atoms with Gasteiger partial charge < -0.3 is 9.72 Å². The van der Waals surface area contributed by atoms with E-state index in [0.717, 1.165) is 22.0 Å². The Kier molecular flexibility index (Phi) is 5.59. The molecular weight excluding hydrogens is 386 g/mol. The average molecular weight is 404 g/mol. The van der Waals surface area contributed by atoms with Crippen molar-refractivity contribution in [2.24, 2.45) is 5.10 Å². The van der Waals surface area contributed by atoms with Crippen LogP contribution in [0.3, 0.4) is 0 Å². The summed E-state index contributed by atoms with van der Waals surface area (Å²) in [7, 11) is 0. The van der Waals surface area contributed by atoms with Crippen LogP contribution in [0.15, 0.2) is 84.1 Å². The van der Waals surface area contributed by atoms with E-state index in [0.29, 0.717) is 22.9 Å². The third-order valence-corrected chi connectivity index (χ3v) is 4.68. The molecule has 4 rings (SSSR count). The molecule has 29 heavy (non-hydrogen) atoms. The fourth-order valence-electron chi connectivity index (χ4n) is 2.88. The van der Waals surface area contributed by atoms with Crippen LogP contribution >= 0.6 is 11.6 Å². The maximum absolute atomic E-state index is 12.3. The van der Waals surface area contributed by atoms with Crippen molar-refractivity contribution in [3.05, 3.63) is 101 Å². The number of benzene rings is 3. The number of hydrogen-bond acceptors (Lipinski definition) is 3. The van der Waals surface area contributed by atoms with Crippen molar-refractivity contribution in [1.82, 2.24) is 10.4 Å². The Morgan fingerprint density at radius 2 is 1.79 bits per heavy atom. The second-order valence-corrected chi connectivity index (χ2v) is 6.86. The summed E-state index contributed by atoms with van der Waals surface area (Å²) in [6.07, 6.45) is 3.48. The minimum absolute atomic E-state index is 0.287. The number of aromatic amines is 1. The van der Waals surface area contributed by atoms with Gasteiger partial charge in [0.25, 0.3) is 5.91 Å². The minimum atomic E-state index is -0.287. The van der Waals surface area contributed by atoms with Crippen molar-refractivity contribution in [1.29, 1.82) is 0 Å². The van der Waals surface area contributed by atoms with Crippen LogP contribution in [-0.4, -0.2) is 17.1 Å². The number of carbonyl (C=O) groups is 1. The third kappa shape index (κ3) is 4.65. The molecule has 6 heteroatoms. The zero-order valence-corrected chi connectivity index (χ0v) is 16.2. The molecular formula is C23H18ClN3O2. The summed E-state index contributed by atoms with van der Waals surface area (Å²) in [6, 6.07) is 22.3. The number of ether oxygens (including phenoxy) is 1. The highest BCUT2D eigenvalue weighted by molar-refractivity contribution is 6.30. The molecule has 0 aliphatic heterocycles. The van der Waals surface area contributed by atoms with Crippen LogP contribution in [0.2, 0.25) is 5.02 Å². The lowest BCUT2D eigenvalue weighted by molar-refractivity contribution is 0.0955. The van der Waals surface area contributed by atoms with Crippen LogP contribution in [0, 0.1) is 0 Å². The first kappa shape index (κ1) is 18.8. The normalized spacial score (nSPS) is 11.1. The average Bonchev–Trinajstić information content (AvgIpc) is 3.17. The molecule has 1 amide bonds. The summed E-state index contributed by atoms with van der Waals surface area (Å²) in [5, 5.41) is 5.80. The Bertz CT molecular complexity index is 1150. The largest absolute Gasteiger partial charge is 0.489 e. The number of nitrogens with zero attached hydrogens (tertiary/aromatic N) is 1. The molecule has 144 valence electrons. The van der Waals surface area contributed by atoms with Crippen LogP contribution in [0.4, 0.5) is 0 Å². The zero-order valence-electron chi connectivity index (χ0n) is 15.4. The first-order valence-electron chi connectivity index (χ1n) is 9.06. The van der Waals surface area contributed by atoms with Gasteiger partial charge >= 0.3 is 0 Å². The Morgan fingerprint density at radius 3 is 2.59 bits per heavy atom. The highest BCUT2D eigenvalue weighted by Crippen LogP contribution is 2.17. The summed E-state index contributed by atoms with van der Waals surface area (Å²) in [5.41, 5.74) is 6.00. The smallest absolute Gasteiger partial charge is 0.271 e. The van der Waals surface area contributed by atoms with Crippen LogP contribution in [0.25, 0.3) is 10.9 Å². The first-order valence-corrected chi connectivity index (χ1v) is 9.44. The fourth-order valence-corrected chi connectivity index (χ4v) is 3.00. The Balaban J connectivity index is 1.33. The van der Waals surface area contributed by atoms with E-state index in [-0.39, 0.29) is 5.91 Å². The molecule has 0 spiro atoms. The van der Waals surface area contributed by atoms with Gasteiger partial charge in [-0.15, -0.1) is 0 Å². The van der Waals surface area contributed by atoms with Gasteiger partial charge in [0.05, 0.1) is 6.21 Å². The summed E-state index contributed by atoms with van der Waals surface area (Å²) in [5.74, 6) is 0.393. The lowest BCUT2D eigenvalue weighted by atomic mass is 10.2. The molecule has 1 aromatic heterocycles. The van der Waals surface area contributed by atoms with Gasteiger partial charge in [0.2, 0.25) is 0 Å². The molecule has 1 heterocycles. The van der Waals surface area contributed by atoms with Crippen molar-refractivity contribution in [2.75, 3.05) is 0 Å². The number of hydrogen-bond donors (Lipinski definition) is 2. The molecule has 3 aromatic carbocycles. The molecule has 0 bridgehead atoms. The van der Waals surface area contributed by atoms with Gasteiger partial charge in [-0.05, 0) is 48.0 Å². The molecule has 0 aliphatic rings. The predicted octanol–water partition coefficient (Wildman–Crippen LogP) is 5.16. The lowest BCUT2D eigenvalue weighted by Gasteiger charge is -2.07. The van der Waals surface area contributed by atoms with Crippen LogP contribution < -0.4 is 10.2 Å². The van der Waals surface area contributed by atoms with Gasteiger partial charge in [0, 0.05) is 33.2 Å². The van der Waals surface area contributed by atoms with Crippen molar-refractivity contribution in [3.63, 3.8) is 0 Å². The number of H-pyrrole nitrogens is 1. The Morgan fingerprint density at radius 1 is 1.03 bits per heavy atom. The number of amides is 1. The van der Waals surface area contributed by atoms with Gasteiger partial charge in [-0.2, -0.15) is 5.10 Å². The standard InChI is InChI=1S/C23H18ClN3O2/c24-19-9-5-16(6-10-19)15-29-20-11-7-17(8-12-20)23(28)27-26-14-18-13-25-22-4-2-1-3-21(18)22/h1-14,25H,15H2,(H,27,28). The second kappa shape index (κ2) is 8.63. The van der Waals surface area contributed by atoms with Crippen molar-refractivity contribution in [3.8, 4) is 5.75 Å². The zero-order chi connectivity index (χ0) is 20.1. The summed E-state index contributed by atoms with van der Waals surface area (Å²) in [4.78, 5) is 15.4. The molecule has 0 saturated heterocycles. The molecule has 0 saturated carbocycles. The summed E-state index contributed by atoms with van der Waals surface area (Å²) in [6.45, 7) is 0.428. The van der Waals surface area contributed by atoms with E-state index in [1.165, 1.54) is 0 Å². The maximum Gasteiger partial charge on any atom is 0.271 e. The van der Waals surface area contributed by atoms with Gasteiger partial charge in [-0.3, -0.25) is 4.79 Å². The van der Waals surface area contributed by atoms with E-state index in [1.54, 1.807) is 30.5 Å². The number of nitrogens with one attached hydrogen (secondary N) is 2. The van der Waals surface area contributed by atoms with Crippen molar-refractivity contribution in [2.45, 2.75) is 6.61 Å². The van der Waals surface area contributed by atoms with Crippen LogP contribution in [0.5, 0.6) is 5.75 Å². The van der Waals surface area contributed by atoms with Gasteiger partial charge in [-0.1, -0.05) is 41.9 Å². The Labute approximate surface area is 173 Å². The predicted molar refractivity (Wildman–Crippen MR) is 116 cm³/mol. The number of aromatic nitrogens is 1. The quantitative estimate of drug-likeness (QED) is 0.344. The molecule has 2 N–H and O–H groups in total. The SMILES string of the molecule is O=C(NN=Cc1c[nH]c2ccccc12)c1ccc(OCc2ccc(Cl)cc2)cc1. The van der Waals surface area contributed by atoms with Crippen LogP contribution in [0.1, 0.15) is 21.5 Å². The highest BCUT2D eigenvalue weighted by Gasteiger charge is 2.05. The fraction of sp³-hybridized carbons (Fsp3) is 0.0435. The van der Waals surface area contributed by atoms with Crippen molar-refractivity contribution >= 4 is 34.6 Å². The third-order valence-electron chi connectivity index (χ3n) is 4.43. The van der Waals surface area contributed by atoms with E-state index in [9.17, 15) is 4.79 Å². The number of halogens is 1. The molecule has 4 aromatic rings. The molecule has 0 aliphatic carbocycles. The number of hydrazone groups is 1. The molecule has 0 atom stereocenters. The van der Waals surface area contributed by atoms with E-state index in [1.807, 2.05) is 54.7 Å². The maximum atomic E-state index is 12.3. The van der Waals surface area contributed by atoms with E-state index in [2.05, 4.69) is 15.5 Å². The van der Waals surface area contributed by atoms with E-state index in [4.69, 9.17) is 16.3 Å². The molecule has 0 fully saturated rings. The van der Waals surface area contributed by atoms with Crippen LogP contribution in [-0.2, 0) is 6.61 Å². The van der Waals surface area contributed by atoms with E-state index < -0.39 is 0 Å². The monoisotopic (exact) mass is 403 g/mol.